The molecule has 1 N–H and O–H groups in total. The molecule has 52 valence electrons. The van der Waals surface area contributed by atoms with Gasteiger partial charge in [-0.1, -0.05) is 11.2 Å². The fourth-order valence-electron chi connectivity index (χ4n) is 0.555. The van der Waals surface area contributed by atoms with Gasteiger partial charge in [-0.3, -0.25) is 4.79 Å². The summed E-state index contributed by atoms with van der Waals surface area (Å²) in [5.41, 5.74) is 0.0787. The first kappa shape index (κ1) is 6.95. The Bertz CT molecular complexity index is 240. The minimum atomic E-state index is 0.0787. The second kappa shape index (κ2) is 3.12. The van der Waals surface area contributed by atoms with E-state index >= 15 is 0 Å². The van der Waals surface area contributed by atoms with Crippen molar-refractivity contribution in [2.24, 2.45) is 5.16 Å². The quantitative estimate of drug-likeness (QED) is 0.301. The lowest BCUT2D eigenvalue weighted by Gasteiger charge is -1.86. The van der Waals surface area contributed by atoms with E-state index in [4.69, 9.17) is 5.21 Å². The van der Waals surface area contributed by atoms with Gasteiger partial charge in [-0.15, -0.1) is 11.3 Å². The van der Waals surface area contributed by atoms with E-state index in [0.29, 0.717) is 11.2 Å². The third-order valence-corrected chi connectivity index (χ3v) is 1.89. The SMILES string of the molecule is O=C/C(=N\O)c1cccs1. The van der Waals surface area contributed by atoms with E-state index in [-0.39, 0.29) is 5.71 Å². The molecule has 0 amide bonds. The van der Waals surface area contributed by atoms with Gasteiger partial charge < -0.3 is 5.21 Å². The van der Waals surface area contributed by atoms with E-state index in [1.165, 1.54) is 11.3 Å². The molecule has 0 radical (unpaired) electrons. The molecule has 4 heteroatoms. The van der Waals surface area contributed by atoms with E-state index in [2.05, 4.69) is 5.16 Å². The smallest absolute Gasteiger partial charge is 0.173 e. The van der Waals surface area contributed by atoms with Crippen molar-refractivity contribution in [3.8, 4) is 0 Å². The molecule has 0 saturated carbocycles. The first-order valence-electron chi connectivity index (χ1n) is 2.59. The van der Waals surface area contributed by atoms with Gasteiger partial charge in [0.05, 0.1) is 4.88 Å². The highest BCUT2D eigenvalue weighted by Crippen LogP contribution is 2.08. The van der Waals surface area contributed by atoms with Gasteiger partial charge in [0.25, 0.3) is 0 Å². The Morgan fingerprint density at radius 3 is 3.00 bits per heavy atom. The van der Waals surface area contributed by atoms with Crippen molar-refractivity contribution in [3.05, 3.63) is 22.4 Å². The van der Waals surface area contributed by atoms with Crippen LogP contribution in [0.5, 0.6) is 0 Å². The normalized spacial score (nSPS) is 11.4. The van der Waals surface area contributed by atoms with Crippen LogP contribution in [0.2, 0.25) is 0 Å². The summed E-state index contributed by atoms with van der Waals surface area (Å²) in [6, 6.07) is 3.50. The molecule has 1 heterocycles. The number of carbonyl (C=O) groups is 1. The minimum absolute atomic E-state index is 0.0787. The summed E-state index contributed by atoms with van der Waals surface area (Å²) >= 11 is 1.36. The van der Waals surface area contributed by atoms with Crippen LogP contribution in [0.15, 0.2) is 22.7 Å². The van der Waals surface area contributed by atoms with Gasteiger partial charge in [-0.25, -0.2) is 0 Å². The van der Waals surface area contributed by atoms with Crippen LogP contribution in [0.3, 0.4) is 0 Å². The van der Waals surface area contributed by atoms with Gasteiger partial charge in [0.15, 0.2) is 12.0 Å². The summed E-state index contributed by atoms with van der Waals surface area (Å²) in [4.78, 5) is 10.8. The van der Waals surface area contributed by atoms with Crippen LogP contribution in [0.4, 0.5) is 0 Å². The summed E-state index contributed by atoms with van der Waals surface area (Å²) in [5, 5.41) is 12.9. The van der Waals surface area contributed by atoms with Crippen LogP contribution >= 0.6 is 11.3 Å². The predicted molar refractivity (Wildman–Crippen MR) is 38.7 cm³/mol. The average Bonchev–Trinajstić information content (AvgIpc) is 2.43. The molecule has 10 heavy (non-hydrogen) atoms. The van der Waals surface area contributed by atoms with Crippen molar-refractivity contribution >= 4 is 23.3 Å². The van der Waals surface area contributed by atoms with Crippen LogP contribution in [0, 0.1) is 0 Å². The van der Waals surface area contributed by atoms with Gasteiger partial charge >= 0.3 is 0 Å². The average molecular weight is 155 g/mol. The fourth-order valence-corrected chi connectivity index (χ4v) is 1.23. The predicted octanol–water partition coefficient (Wildman–Crippen LogP) is 1.13. The van der Waals surface area contributed by atoms with Crippen LogP contribution in [-0.2, 0) is 4.79 Å². The number of oxime groups is 1. The van der Waals surface area contributed by atoms with Crippen LogP contribution in [-0.4, -0.2) is 17.2 Å². The first-order valence-corrected chi connectivity index (χ1v) is 3.47. The summed E-state index contributed by atoms with van der Waals surface area (Å²) in [7, 11) is 0. The Labute approximate surface area is 61.6 Å². The largest absolute Gasteiger partial charge is 0.410 e. The second-order valence-electron chi connectivity index (χ2n) is 1.58. The molecule has 0 bridgehead atoms. The number of nitrogens with zero attached hydrogens (tertiary/aromatic N) is 1. The van der Waals surface area contributed by atoms with Crippen LogP contribution in [0.1, 0.15) is 4.88 Å². The maximum Gasteiger partial charge on any atom is 0.173 e. The standard InChI is InChI=1S/C6H5NO2S/c8-4-5(7-9)6-2-1-3-10-6/h1-4,9H/b7-5+. The van der Waals surface area contributed by atoms with E-state index < -0.39 is 0 Å². The number of hydrogen-bond donors (Lipinski definition) is 1. The first-order chi connectivity index (χ1) is 4.88. The molecule has 0 atom stereocenters. The van der Waals surface area contributed by atoms with Crippen LogP contribution in [0.25, 0.3) is 0 Å². The monoisotopic (exact) mass is 155 g/mol. The molecule has 1 rings (SSSR count). The summed E-state index contributed by atoms with van der Waals surface area (Å²) in [6.07, 6.45) is 0.520. The second-order valence-corrected chi connectivity index (χ2v) is 2.53. The highest BCUT2D eigenvalue weighted by atomic mass is 32.1. The lowest BCUT2D eigenvalue weighted by molar-refractivity contribution is -0.102. The molecule has 0 aliphatic heterocycles. The van der Waals surface area contributed by atoms with Gasteiger partial charge in [-0.05, 0) is 11.4 Å². The maximum absolute atomic E-state index is 10.2. The number of thiophene rings is 1. The summed E-state index contributed by atoms with van der Waals surface area (Å²) in [6.45, 7) is 0. The topological polar surface area (TPSA) is 49.7 Å². The lowest BCUT2D eigenvalue weighted by atomic mass is 10.3. The lowest BCUT2D eigenvalue weighted by Crippen LogP contribution is -1.97. The Hall–Kier alpha value is -1.16. The maximum atomic E-state index is 10.2. The molecular weight excluding hydrogens is 150 g/mol. The minimum Gasteiger partial charge on any atom is -0.410 e. The summed E-state index contributed by atoms with van der Waals surface area (Å²) < 4.78 is 0. The number of rotatable bonds is 2. The number of carbonyl (C=O) groups excluding carboxylic acids is 1. The Morgan fingerprint density at radius 1 is 1.80 bits per heavy atom. The third kappa shape index (κ3) is 1.22. The van der Waals surface area contributed by atoms with Gasteiger partial charge in [0, 0.05) is 0 Å². The molecule has 1 aromatic rings. The third-order valence-electron chi connectivity index (χ3n) is 0.993. The fraction of sp³-hybridized carbons (Fsp3) is 0. The highest BCUT2D eigenvalue weighted by molar-refractivity contribution is 7.12. The van der Waals surface area contributed by atoms with Crippen molar-refractivity contribution in [2.75, 3.05) is 0 Å². The van der Waals surface area contributed by atoms with Crippen LogP contribution < -0.4 is 0 Å². The van der Waals surface area contributed by atoms with Gasteiger partial charge in [-0.2, -0.15) is 0 Å². The molecular formula is C6H5NO2S. The number of aldehydes is 1. The molecule has 0 unspecified atom stereocenters. The van der Waals surface area contributed by atoms with Crippen molar-refractivity contribution < 1.29 is 10.0 Å². The molecule has 0 fully saturated rings. The van der Waals surface area contributed by atoms with Crippen molar-refractivity contribution in [1.29, 1.82) is 0 Å². The van der Waals surface area contributed by atoms with Gasteiger partial charge in [0.1, 0.15) is 0 Å². The molecule has 0 aliphatic rings. The Kier molecular flexibility index (Phi) is 2.17. The molecule has 0 spiro atoms. The summed E-state index contributed by atoms with van der Waals surface area (Å²) in [5.74, 6) is 0. The number of hydrogen-bond acceptors (Lipinski definition) is 4. The van der Waals surface area contributed by atoms with E-state index in [1.54, 1.807) is 12.1 Å². The van der Waals surface area contributed by atoms with E-state index in [9.17, 15) is 4.79 Å². The molecule has 1 aromatic heterocycles. The van der Waals surface area contributed by atoms with Gasteiger partial charge in [0.2, 0.25) is 0 Å². The molecule has 3 nitrogen and oxygen atoms in total. The van der Waals surface area contributed by atoms with E-state index in [1.807, 2.05) is 5.38 Å². The zero-order valence-corrected chi connectivity index (χ0v) is 5.84. The molecule has 0 saturated heterocycles. The van der Waals surface area contributed by atoms with E-state index in [0.717, 1.165) is 0 Å². The molecule has 0 aliphatic carbocycles. The van der Waals surface area contributed by atoms with Crippen molar-refractivity contribution in [2.45, 2.75) is 0 Å². The zero-order chi connectivity index (χ0) is 7.40. The zero-order valence-electron chi connectivity index (χ0n) is 5.02. The van der Waals surface area contributed by atoms with Crippen molar-refractivity contribution in [1.82, 2.24) is 0 Å². The highest BCUT2D eigenvalue weighted by Gasteiger charge is 2.01. The van der Waals surface area contributed by atoms with Crippen molar-refractivity contribution in [3.63, 3.8) is 0 Å². The molecule has 0 aromatic carbocycles. The Morgan fingerprint density at radius 2 is 2.60 bits per heavy atom. The Balaban J connectivity index is 2.95.